The number of piperidine rings is 4. The van der Waals surface area contributed by atoms with Crippen molar-refractivity contribution < 1.29 is 45.4 Å². The fraction of sp³-hybridized carbons (Fsp3) is 0.484. The Bertz CT molecular complexity index is 2750. The average molecular weight is 1090 g/mol. The molecule has 0 aliphatic carbocycles. The number of urea groups is 1. The molecule has 16 heteroatoms. The third-order valence-electron chi connectivity index (χ3n) is 17.0. The zero-order valence-corrected chi connectivity index (χ0v) is 45.8. The quantitative estimate of drug-likeness (QED) is 0.128. The molecular formula is C62H75F7N6O3. The van der Waals surface area contributed by atoms with Gasteiger partial charge in [0.2, 0.25) is 5.91 Å². The van der Waals surface area contributed by atoms with Crippen molar-refractivity contribution in [3.8, 4) is 0 Å². The molecule has 0 saturated carbocycles. The maximum absolute atomic E-state index is 14.0. The lowest BCUT2D eigenvalue weighted by molar-refractivity contribution is -0.143. The monoisotopic (exact) mass is 1080 g/mol. The van der Waals surface area contributed by atoms with Crippen LogP contribution in [0.1, 0.15) is 134 Å². The molecule has 3 amide bonds. The third-order valence-corrected chi connectivity index (χ3v) is 17.0. The number of benzene rings is 5. The molecular weight excluding hydrogens is 1010 g/mol. The highest BCUT2D eigenvalue weighted by atomic mass is 19.4. The highest BCUT2D eigenvalue weighted by molar-refractivity contribution is 5.76. The molecule has 5 heterocycles. The molecule has 2 unspecified atom stereocenters. The van der Waals surface area contributed by atoms with Crippen LogP contribution in [-0.4, -0.2) is 113 Å². The summed E-state index contributed by atoms with van der Waals surface area (Å²) in [5.74, 6) is 0.572. The fourth-order valence-electron chi connectivity index (χ4n) is 12.4. The van der Waals surface area contributed by atoms with Crippen LogP contribution in [-0.2, 0) is 35.7 Å². The Labute approximate surface area is 455 Å². The number of piperazine rings is 1. The van der Waals surface area contributed by atoms with Crippen LogP contribution in [0.2, 0.25) is 0 Å². The van der Waals surface area contributed by atoms with Crippen molar-refractivity contribution in [3.05, 3.63) is 177 Å². The first-order chi connectivity index (χ1) is 36.9. The maximum Gasteiger partial charge on any atom is 0.416 e. The summed E-state index contributed by atoms with van der Waals surface area (Å²) in [4.78, 5) is 35.2. The number of hydrogen-bond acceptors (Lipinski definition) is 6. The molecule has 2 N–H and O–H groups in total. The molecule has 5 aromatic rings. The Morgan fingerprint density at radius 1 is 0.692 bits per heavy atom. The number of rotatable bonds is 11. The van der Waals surface area contributed by atoms with Crippen molar-refractivity contribution >= 4 is 11.9 Å². The number of halogens is 7. The second-order valence-corrected chi connectivity index (χ2v) is 22.8. The van der Waals surface area contributed by atoms with Crippen LogP contribution in [0.3, 0.4) is 0 Å². The van der Waals surface area contributed by atoms with Crippen LogP contribution in [0.5, 0.6) is 0 Å². The number of aryl methyl sites for hydroxylation is 1. The van der Waals surface area contributed by atoms with Gasteiger partial charge in [0.05, 0.1) is 29.8 Å². The Kier molecular flexibility index (Phi) is 18.2. The van der Waals surface area contributed by atoms with Crippen LogP contribution >= 0.6 is 0 Å². The molecule has 5 fully saturated rings. The average Bonchev–Trinajstić information content (AvgIpc) is 3.44. The molecule has 0 aromatic heterocycles. The van der Waals surface area contributed by atoms with E-state index in [1.54, 1.807) is 22.8 Å². The van der Waals surface area contributed by atoms with E-state index in [2.05, 4.69) is 115 Å². The number of alkyl halides is 6. The largest absolute Gasteiger partial charge is 0.416 e. The van der Waals surface area contributed by atoms with Crippen LogP contribution in [0.15, 0.2) is 115 Å². The van der Waals surface area contributed by atoms with Gasteiger partial charge in [0.15, 0.2) is 0 Å². The number of carbonyl (C=O) groups is 2. The number of fused-ring (bicyclic) bond motifs is 3. The number of carbonyl (C=O) groups excluding carboxylic acids is 2. The summed E-state index contributed by atoms with van der Waals surface area (Å²) in [7, 11) is 1.35. The summed E-state index contributed by atoms with van der Waals surface area (Å²) in [6, 6.07) is 33.0. The number of hydrogen-bond donors (Lipinski definition) is 2. The maximum atomic E-state index is 14.0. The molecule has 0 radical (unpaired) electrons. The number of nitrogens with one attached hydrogen (secondary N) is 1. The molecule has 5 aliphatic heterocycles. The Balaban J connectivity index is 0.000000210. The smallest absolute Gasteiger partial charge is 0.392 e. The minimum atomic E-state index is -5.01. The number of aliphatic hydroxyl groups excluding tert-OH is 1. The van der Waals surface area contributed by atoms with Crippen molar-refractivity contribution in [1.82, 2.24) is 29.8 Å². The van der Waals surface area contributed by atoms with Gasteiger partial charge in [-0.2, -0.15) is 26.3 Å². The third kappa shape index (κ3) is 13.4. The van der Waals surface area contributed by atoms with E-state index in [9.17, 15) is 45.4 Å². The van der Waals surface area contributed by atoms with Gasteiger partial charge in [-0.1, -0.05) is 106 Å². The van der Waals surface area contributed by atoms with Gasteiger partial charge in [-0.25, -0.2) is 9.18 Å². The van der Waals surface area contributed by atoms with Gasteiger partial charge < -0.3 is 25.1 Å². The summed E-state index contributed by atoms with van der Waals surface area (Å²) in [6.07, 6.45) is -6.43. The predicted octanol–water partition coefficient (Wildman–Crippen LogP) is 12.5. The van der Waals surface area contributed by atoms with Gasteiger partial charge in [-0.05, 0) is 139 Å². The standard InChI is InChI=1S/C32H40N2O.C30H35F7N4O2/c1-32(2,3)28-15-14-26(22-35)27(20-28)21-33-30-25-16-18-34(19-17-25)31(30)29(23-10-6-4-7-11-23)24-12-8-5-9-13-24;1-18-13-24(31)5-6-26(18)27-17-25(40-11-9-39(10-12-40)20(3)42)7-8-41(27)28(43)38(4)19(2)21-14-22(29(32,33)34)16-23(15-21)30(35,36)37/h4-15,20,25,29-31,33,35H,16-19,21-22H2,1-3H3;5-6,13-16,19,25,27H,7-12,17H2,1-4H3/t;19-,25+,27+/m.1/s1. The highest BCUT2D eigenvalue weighted by Crippen LogP contribution is 2.44. The summed E-state index contributed by atoms with van der Waals surface area (Å²) in [5, 5.41) is 14.1. The lowest BCUT2D eigenvalue weighted by Gasteiger charge is -2.54. The lowest BCUT2D eigenvalue weighted by Crippen LogP contribution is -2.64. The van der Waals surface area contributed by atoms with E-state index in [-0.39, 0.29) is 42.1 Å². The Morgan fingerprint density at radius 3 is 1.81 bits per heavy atom. The van der Waals surface area contributed by atoms with E-state index in [0.717, 1.165) is 17.0 Å². The van der Waals surface area contributed by atoms with E-state index < -0.39 is 47.4 Å². The van der Waals surface area contributed by atoms with Gasteiger partial charge in [-0.15, -0.1) is 0 Å². The van der Waals surface area contributed by atoms with Crippen molar-refractivity contribution in [2.45, 2.75) is 134 Å². The number of nitrogens with zero attached hydrogens (tertiary/aromatic N) is 5. The van der Waals surface area contributed by atoms with Gasteiger partial charge >= 0.3 is 18.4 Å². The second-order valence-electron chi connectivity index (χ2n) is 22.8. The minimum Gasteiger partial charge on any atom is -0.392 e. The normalized spacial score (nSPS) is 22.5. The number of amides is 3. The van der Waals surface area contributed by atoms with E-state index >= 15 is 0 Å². The van der Waals surface area contributed by atoms with Crippen LogP contribution in [0.4, 0.5) is 35.5 Å². The second kappa shape index (κ2) is 24.3. The van der Waals surface area contributed by atoms with Crippen LogP contribution in [0, 0.1) is 18.7 Å². The summed E-state index contributed by atoms with van der Waals surface area (Å²) < 4.78 is 95.0. The summed E-state index contributed by atoms with van der Waals surface area (Å²) in [6.45, 7) is 17.4. The van der Waals surface area contributed by atoms with Crippen molar-refractivity contribution in [2.24, 2.45) is 5.92 Å². The SMILES string of the molecule is CC(=O)N1CCN([C@H]2CCN(C(=O)N(C)[C@H](C)c3cc(C(F)(F)F)cc(C(F)(F)F)c3)[C@H](c3ccc(F)cc3C)C2)CC1.CC(C)(C)c1ccc(CO)c(CNC2C3CCN(CC3)C2C(c2ccccc2)c2ccccc2)c1. The van der Waals surface area contributed by atoms with Gasteiger partial charge in [0.1, 0.15) is 5.82 Å². The minimum absolute atomic E-state index is 0.000149. The zero-order valence-electron chi connectivity index (χ0n) is 45.8. The molecule has 5 saturated heterocycles. The first kappa shape index (κ1) is 58.3. The fourth-order valence-corrected chi connectivity index (χ4v) is 12.4. The topological polar surface area (TPSA) is 82.6 Å². The van der Waals surface area contributed by atoms with Crippen LogP contribution < -0.4 is 5.32 Å². The Morgan fingerprint density at radius 2 is 1.28 bits per heavy atom. The van der Waals surface area contributed by atoms with Gasteiger partial charge in [-0.3, -0.25) is 14.6 Å². The van der Waals surface area contributed by atoms with E-state index in [4.69, 9.17) is 0 Å². The predicted molar refractivity (Wildman–Crippen MR) is 290 cm³/mol. The Hall–Kier alpha value is -5.81. The van der Waals surface area contributed by atoms with Gasteiger partial charge in [0.25, 0.3) is 0 Å². The molecule has 78 heavy (non-hydrogen) atoms. The van der Waals surface area contributed by atoms with Crippen molar-refractivity contribution in [2.75, 3.05) is 52.9 Å². The first-order valence-electron chi connectivity index (χ1n) is 27.3. The summed E-state index contributed by atoms with van der Waals surface area (Å²) >= 11 is 0. The number of aliphatic hydroxyl groups is 1. The van der Waals surface area contributed by atoms with E-state index in [0.29, 0.717) is 86.2 Å². The zero-order chi connectivity index (χ0) is 56.3. The highest BCUT2D eigenvalue weighted by Gasteiger charge is 2.47. The van der Waals surface area contributed by atoms with Crippen molar-refractivity contribution in [3.63, 3.8) is 0 Å². The molecule has 420 valence electrons. The van der Waals surface area contributed by atoms with Gasteiger partial charge in [0, 0.05) is 77.3 Å². The van der Waals surface area contributed by atoms with Crippen molar-refractivity contribution in [1.29, 1.82) is 0 Å². The van der Waals surface area contributed by atoms with E-state index in [1.807, 2.05) is 0 Å². The summed E-state index contributed by atoms with van der Waals surface area (Å²) in [5.41, 5.74) is 4.60. The molecule has 2 bridgehead atoms. The molecule has 5 atom stereocenters. The molecule has 5 aliphatic rings. The first-order valence-corrected chi connectivity index (χ1v) is 27.3. The molecule has 9 nitrogen and oxygen atoms in total. The molecule has 5 aromatic carbocycles. The number of likely N-dealkylation sites (tertiary alicyclic amines) is 1. The molecule has 10 rings (SSSR count). The lowest BCUT2D eigenvalue weighted by atomic mass is 9.70. The van der Waals surface area contributed by atoms with E-state index in [1.165, 1.54) is 81.2 Å². The van der Waals surface area contributed by atoms with Crippen LogP contribution in [0.25, 0.3) is 0 Å². The molecule has 0 spiro atoms.